The maximum atomic E-state index is 13.9. The fourth-order valence-corrected chi connectivity index (χ4v) is 3.26. The summed E-state index contributed by atoms with van der Waals surface area (Å²) in [5.41, 5.74) is 0.577. The highest BCUT2D eigenvalue weighted by atomic mass is 79.9. The van der Waals surface area contributed by atoms with Crippen LogP contribution in [0.1, 0.15) is 38.7 Å². The van der Waals surface area contributed by atoms with E-state index in [1.807, 2.05) is 0 Å². The minimum absolute atomic E-state index is 0.0856. The van der Waals surface area contributed by atoms with E-state index in [-0.39, 0.29) is 11.9 Å². The number of hydrogen-bond acceptors (Lipinski definition) is 1. The molecule has 0 heterocycles. The molecule has 0 saturated heterocycles. The first kappa shape index (κ1) is 14.8. The zero-order valence-corrected chi connectivity index (χ0v) is 12.8. The highest BCUT2D eigenvalue weighted by Gasteiger charge is 2.27. The van der Waals surface area contributed by atoms with Gasteiger partial charge in [-0.15, -0.1) is 0 Å². The van der Waals surface area contributed by atoms with Gasteiger partial charge in [-0.3, -0.25) is 0 Å². The number of hydrogen-bond donors (Lipinski definition) is 0. The minimum atomic E-state index is -0.611. The number of halogens is 3. The maximum absolute atomic E-state index is 13.9. The highest BCUT2D eigenvalue weighted by Crippen LogP contribution is 2.33. The van der Waals surface area contributed by atoms with Crippen molar-refractivity contribution in [1.82, 2.24) is 0 Å². The molecule has 0 bridgehead atoms. The summed E-state index contributed by atoms with van der Waals surface area (Å²) < 4.78 is 33.3. The summed E-state index contributed by atoms with van der Waals surface area (Å²) in [5, 5.41) is 0.429. The van der Waals surface area contributed by atoms with Crippen LogP contribution in [0.15, 0.2) is 12.1 Å². The van der Waals surface area contributed by atoms with E-state index in [1.54, 1.807) is 0 Å². The summed E-state index contributed by atoms with van der Waals surface area (Å²) in [6, 6.07) is 2.64. The van der Waals surface area contributed by atoms with Gasteiger partial charge in [0.05, 0.1) is 6.10 Å². The fraction of sp³-hybridized carbons (Fsp3) is 0.600. The summed E-state index contributed by atoms with van der Waals surface area (Å²) >= 11 is 3.19. The Morgan fingerprint density at radius 3 is 2.11 bits per heavy atom. The van der Waals surface area contributed by atoms with Crippen molar-refractivity contribution >= 4 is 15.9 Å². The van der Waals surface area contributed by atoms with Gasteiger partial charge in [0.1, 0.15) is 0 Å². The predicted octanol–water partition coefficient (Wildman–Crippen LogP) is 5.06. The maximum Gasteiger partial charge on any atom is 0.191 e. The Hall–Kier alpha value is -0.640. The van der Waals surface area contributed by atoms with Gasteiger partial charge >= 0.3 is 0 Å². The van der Waals surface area contributed by atoms with E-state index < -0.39 is 11.6 Å². The smallest absolute Gasteiger partial charge is 0.191 e. The topological polar surface area (TPSA) is 9.23 Å². The van der Waals surface area contributed by atoms with Crippen LogP contribution in [0.3, 0.4) is 0 Å². The van der Waals surface area contributed by atoms with E-state index in [0.717, 1.165) is 19.3 Å². The Kier molecular flexibility index (Phi) is 4.82. The van der Waals surface area contributed by atoms with E-state index >= 15 is 0 Å². The van der Waals surface area contributed by atoms with Gasteiger partial charge in [-0.25, -0.2) is 8.78 Å². The molecule has 1 aromatic rings. The Morgan fingerprint density at radius 2 is 1.63 bits per heavy atom. The number of ether oxygens (including phenoxy) is 1. The molecule has 19 heavy (non-hydrogen) atoms. The molecule has 1 nitrogen and oxygen atoms in total. The minimum Gasteiger partial charge on any atom is -0.484 e. The standard InChI is InChI=1S/C15H19BrF2O/c1-9-3-10(2)5-12(4-9)19-15-13(17)6-11(8-16)7-14(15)18/h6-7,9-10,12H,3-5,8H2,1-2H3. The van der Waals surface area contributed by atoms with Crippen molar-refractivity contribution in [2.45, 2.75) is 44.5 Å². The Labute approximate surface area is 121 Å². The second-order valence-electron chi connectivity index (χ2n) is 5.68. The van der Waals surface area contributed by atoms with Crippen LogP contribution >= 0.6 is 15.9 Å². The molecule has 0 radical (unpaired) electrons. The van der Waals surface area contributed by atoms with Crippen LogP contribution in [0, 0.1) is 23.5 Å². The first-order chi connectivity index (χ1) is 8.99. The molecule has 2 rings (SSSR count). The van der Waals surface area contributed by atoms with Gasteiger partial charge in [0.15, 0.2) is 17.4 Å². The average molecular weight is 333 g/mol. The molecule has 4 heteroatoms. The van der Waals surface area contributed by atoms with Crippen molar-refractivity contribution in [2.75, 3.05) is 0 Å². The van der Waals surface area contributed by atoms with Gasteiger partial charge in [-0.2, -0.15) is 0 Å². The molecule has 1 aliphatic carbocycles. The molecule has 0 spiro atoms. The molecule has 1 aliphatic rings. The molecule has 1 aromatic carbocycles. The lowest BCUT2D eigenvalue weighted by molar-refractivity contribution is 0.0927. The van der Waals surface area contributed by atoms with Crippen LogP contribution in [-0.2, 0) is 5.33 Å². The van der Waals surface area contributed by atoms with Crippen LogP contribution in [0.4, 0.5) is 8.78 Å². The van der Waals surface area contributed by atoms with E-state index in [0.29, 0.717) is 22.7 Å². The van der Waals surface area contributed by atoms with Crippen molar-refractivity contribution in [3.05, 3.63) is 29.3 Å². The summed E-state index contributed by atoms with van der Waals surface area (Å²) in [6.07, 6.45) is 2.80. The van der Waals surface area contributed by atoms with Crippen molar-refractivity contribution in [3.63, 3.8) is 0 Å². The molecular weight excluding hydrogens is 314 g/mol. The van der Waals surface area contributed by atoms with Crippen molar-refractivity contribution in [1.29, 1.82) is 0 Å². The van der Waals surface area contributed by atoms with Crippen LogP contribution in [0.25, 0.3) is 0 Å². The van der Waals surface area contributed by atoms with Crippen molar-refractivity contribution < 1.29 is 13.5 Å². The van der Waals surface area contributed by atoms with Crippen molar-refractivity contribution in [3.8, 4) is 5.75 Å². The second-order valence-corrected chi connectivity index (χ2v) is 6.24. The lowest BCUT2D eigenvalue weighted by Gasteiger charge is -2.31. The van der Waals surface area contributed by atoms with Crippen LogP contribution < -0.4 is 4.74 Å². The number of rotatable bonds is 3. The molecule has 106 valence electrons. The van der Waals surface area contributed by atoms with E-state index in [2.05, 4.69) is 29.8 Å². The van der Waals surface area contributed by atoms with Gasteiger partial charge in [-0.1, -0.05) is 29.8 Å². The summed E-state index contributed by atoms with van der Waals surface area (Å²) in [7, 11) is 0. The Balaban J connectivity index is 2.14. The highest BCUT2D eigenvalue weighted by molar-refractivity contribution is 9.08. The molecule has 0 aliphatic heterocycles. The third-order valence-corrected chi connectivity index (χ3v) is 4.28. The third-order valence-electron chi connectivity index (χ3n) is 3.63. The van der Waals surface area contributed by atoms with Crippen LogP contribution in [-0.4, -0.2) is 6.10 Å². The normalized spacial score (nSPS) is 27.3. The molecular formula is C15H19BrF2O. The quantitative estimate of drug-likeness (QED) is 0.702. The zero-order valence-electron chi connectivity index (χ0n) is 11.3. The lowest BCUT2D eigenvalue weighted by Crippen LogP contribution is -2.29. The van der Waals surface area contributed by atoms with E-state index in [1.165, 1.54) is 12.1 Å². The number of alkyl halides is 1. The lowest BCUT2D eigenvalue weighted by atomic mass is 9.82. The van der Waals surface area contributed by atoms with Crippen molar-refractivity contribution in [2.24, 2.45) is 11.8 Å². The van der Waals surface area contributed by atoms with Crippen LogP contribution in [0.2, 0.25) is 0 Å². The molecule has 1 saturated carbocycles. The predicted molar refractivity (Wildman–Crippen MR) is 75.6 cm³/mol. The molecule has 2 unspecified atom stereocenters. The zero-order chi connectivity index (χ0) is 14.0. The van der Waals surface area contributed by atoms with Gasteiger partial charge in [0.25, 0.3) is 0 Å². The summed E-state index contributed by atoms with van der Waals surface area (Å²) in [5.74, 6) is -0.361. The second kappa shape index (κ2) is 6.21. The number of benzene rings is 1. The summed E-state index contributed by atoms with van der Waals surface area (Å²) in [6.45, 7) is 4.32. The summed E-state index contributed by atoms with van der Waals surface area (Å²) in [4.78, 5) is 0. The first-order valence-electron chi connectivity index (χ1n) is 6.70. The molecule has 0 amide bonds. The van der Waals surface area contributed by atoms with E-state index in [4.69, 9.17) is 4.74 Å². The van der Waals surface area contributed by atoms with Gasteiger partial charge in [-0.05, 0) is 48.8 Å². The van der Waals surface area contributed by atoms with E-state index in [9.17, 15) is 8.78 Å². The average Bonchev–Trinajstić information content (AvgIpc) is 2.32. The molecule has 2 atom stereocenters. The third kappa shape index (κ3) is 3.68. The first-order valence-corrected chi connectivity index (χ1v) is 7.82. The Bertz CT molecular complexity index is 417. The molecule has 0 aromatic heterocycles. The van der Waals surface area contributed by atoms with Gasteiger partial charge in [0.2, 0.25) is 0 Å². The van der Waals surface area contributed by atoms with Crippen LogP contribution in [0.5, 0.6) is 5.75 Å². The largest absolute Gasteiger partial charge is 0.484 e. The molecule has 1 fully saturated rings. The monoisotopic (exact) mass is 332 g/mol. The SMILES string of the molecule is CC1CC(C)CC(Oc2c(F)cc(CBr)cc2F)C1. The fourth-order valence-electron chi connectivity index (χ4n) is 2.94. The molecule has 0 N–H and O–H groups in total. The van der Waals surface area contributed by atoms with Gasteiger partial charge < -0.3 is 4.74 Å². The Morgan fingerprint density at radius 1 is 1.11 bits per heavy atom. The van der Waals surface area contributed by atoms with Gasteiger partial charge in [0, 0.05) is 5.33 Å².